The van der Waals surface area contributed by atoms with Gasteiger partial charge in [-0.3, -0.25) is 4.98 Å². The van der Waals surface area contributed by atoms with E-state index >= 15 is 0 Å². The van der Waals surface area contributed by atoms with Crippen LogP contribution in [0.15, 0.2) is 54.7 Å². The Hall–Kier alpha value is -3.19. The fourth-order valence-corrected chi connectivity index (χ4v) is 4.69. The minimum absolute atomic E-state index is 0.0237. The van der Waals surface area contributed by atoms with Crippen molar-refractivity contribution in [2.75, 3.05) is 6.54 Å². The Bertz CT molecular complexity index is 1090. The van der Waals surface area contributed by atoms with Crippen LogP contribution in [0.1, 0.15) is 52.0 Å². The number of aryl methyl sites for hydroxylation is 1. The number of rotatable bonds is 5. The SMILES string of the molecule is CCN1C(=S)N[C@@H](c2ccccn2)[C@H]1c1cc(C)n(-c2ccc(C(=O)O)cc2)c1C. The quantitative estimate of drug-likeness (QED) is 0.604. The lowest BCUT2D eigenvalue weighted by molar-refractivity contribution is 0.0697. The van der Waals surface area contributed by atoms with Crippen LogP contribution in [0.25, 0.3) is 5.69 Å². The molecule has 0 aliphatic carbocycles. The molecule has 2 N–H and O–H groups in total. The van der Waals surface area contributed by atoms with E-state index < -0.39 is 5.97 Å². The number of carboxylic acid groups (broad SMARTS) is 1. The predicted molar refractivity (Wildman–Crippen MR) is 120 cm³/mol. The number of likely N-dealkylation sites (N-methyl/N-ethyl adjacent to an activating group) is 1. The molecule has 1 aromatic carbocycles. The van der Waals surface area contributed by atoms with Crippen molar-refractivity contribution in [2.24, 2.45) is 0 Å². The molecular formula is C23H24N4O2S. The Morgan fingerprint density at radius 2 is 1.93 bits per heavy atom. The minimum atomic E-state index is -0.925. The van der Waals surface area contributed by atoms with Crippen molar-refractivity contribution in [3.05, 3.63) is 82.9 Å². The Kier molecular flexibility index (Phi) is 5.30. The third-order valence-electron chi connectivity index (χ3n) is 5.70. The number of nitrogens with zero attached hydrogens (tertiary/aromatic N) is 3. The van der Waals surface area contributed by atoms with Crippen LogP contribution in [0.3, 0.4) is 0 Å². The zero-order valence-electron chi connectivity index (χ0n) is 17.2. The molecule has 3 aromatic rings. The lowest BCUT2D eigenvalue weighted by Crippen LogP contribution is -2.29. The van der Waals surface area contributed by atoms with Crippen LogP contribution in [0.4, 0.5) is 0 Å². The molecule has 2 aromatic heterocycles. The first-order valence-electron chi connectivity index (χ1n) is 9.93. The third kappa shape index (κ3) is 3.35. The molecule has 2 atom stereocenters. The number of nitrogens with one attached hydrogen (secondary N) is 1. The molecule has 1 fully saturated rings. The maximum atomic E-state index is 11.2. The summed E-state index contributed by atoms with van der Waals surface area (Å²) in [7, 11) is 0. The van der Waals surface area contributed by atoms with Gasteiger partial charge in [0.25, 0.3) is 0 Å². The number of aromatic nitrogens is 2. The van der Waals surface area contributed by atoms with Crippen LogP contribution in [-0.2, 0) is 0 Å². The average molecular weight is 421 g/mol. The summed E-state index contributed by atoms with van der Waals surface area (Å²) in [6.07, 6.45) is 1.80. The van der Waals surface area contributed by atoms with E-state index in [2.05, 4.69) is 46.6 Å². The highest BCUT2D eigenvalue weighted by Gasteiger charge is 2.40. The monoisotopic (exact) mass is 420 g/mol. The lowest BCUT2D eigenvalue weighted by atomic mass is 9.97. The minimum Gasteiger partial charge on any atom is -0.478 e. The average Bonchev–Trinajstić information content (AvgIpc) is 3.23. The van der Waals surface area contributed by atoms with Gasteiger partial charge in [-0.1, -0.05) is 6.07 Å². The van der Waals surface area contributed by atoms with Gasteiger partial charge in [-0.05, 0) is 81.0 Å². The van der Waals surface area contributed by atoms with E-state index in [1.54, 1.807) is 18.3 Å². The molecule has 0 radical (unpaired) electrons. The fourth-order valence-electron chi connectivity index (χ4n) is 4.32. The van der Waals surface area contributed by atoms with Crippen molar-refractivity contribution in [1.29, 1.82) is 0 Å². The summed E-state index contributed by atoms with van der Waals surface area (Å²) >= 11 is 5.63. The van der Waals surface area contributed by atoms with Gasteiger partial charge in [0.2, 0.25) is 0 Å². The van der Waals surface area contributed by atoms with Gasteiger partial charge in [0.05, 0.1) is 23.3 Å². The molecule has 154 valence electrons. The number of hydrogen-bond acceptors (Lipinski definition) is 3. The van der Waals surface area contributed by atoms with Crippen molar-refractivity contribution in [1.82, 2.24) is 19.8 Å². The number of benzene rings is 1. The molecule has 1 saturated heterocycles. The Morgan fingerprint density at radius 1 is 1.20 bits per heavy atom. The van der Waals surface area contributed by atoms with E-state index in [-0.39, 0.29) is 17.6 Å². The summed E-state index contributed by atoms with van der Waals surface area (Å²) in [4.78, 5) is 18.0. The molecule has 0 saturated carbocycles. The summed E-state index contributed by atoms with van der Waals surface area (Å²) < 4.78 is 2.16. The van der Waals surface area contributed by atoms with Crippen LogP contribution in [-0.4, -0.2) is 37.2 Å². The van der Waals surface area contributed by atoms with Crippen molar-refractivity contribution < 1.29 is 9.90 Å². The summed E-state index contributed by atoms with van der Waals surface area (Å²) in [6, 6.07) is 15.1. The molecule has 1 aliphatic rings. The molecule has 6 nitrogen and oxygen atoms in total. The van der Waals surface area contributed by atoms with Crippen LogP contribution in [0.5, 0.6) is 0 Å². The molecule has 30 heavy (non-hydrogen) atoms. The second kappa shape index (κ2) is 7.91. The van der Waals surface area contributed by atoms with Crippen molar-refractivity contribution >= 4 is 23.3 Å². The zero-order valence-corrected chi connectivity index (χ0v) is 18.0. The van der Waals surface area contributed by atoms with Crippen LogP contribution < -0.4 is 5.32 Å². The van der Waals surface area contributed by atoms with Gasteiger partial charge >= 0.3 is 5.97 Å². The molecule has 1 aliphatic heterocycles. The molecular weight excluding hydrogens is 396 g/mol. The van der Waals surface area contributed by atoms with Gasteiger partial charge in [-0.15, -0.1) is 0 Å². The van der Waals surface area contributed by atoms with Gasteiger partial charge in [0.15, 0.2) is 5.11 Å². The van der Waals surface area contributed by atoms with Gasteiger partial charge in [-0.2, -0.15) is 0 Å². The highest BCUT2D eigenvalue weighted by Crippen LogP contribution is 2.41. The van der Waals surface area contributed by atoms with Crippen LogP contribution in [0, 0.1) is 13.8 Å². The normalized spacial score (nSPS) is 18.5. The van der Waals surface area contributed by atoms with E-state index in [9.17, 15) is 9.90 Å². The zero-order chi connectivity index (χ0) is 21.4. The second-order valence-electron chi connectivity index (χ2n) is 7.43. The van der Waals surface area contributed by atoms with Crippen LogP contribution in [0.2, 0.25) is 0 Å². The first-order chi connectivity index (χ1) is 14.4. The molecule has 0 bridgehead atoms. The lowest BCUT2D eigenvalue weighted by Gasteiger charge is -2.27. The third-order valence-corrected chi connectivity index (χ3v) is 6.05. The fraction of sp³-hybridized carbons (Fsp3) is 0.261. The summed E-state index contributed by atoms with van der Waals surface area (Å²) in [6.45, 7) is 7.05. The molecule has 0 spiro atoms. The smallest absolute Gasteiger partial charge is 0.335 e. The van der Waals surface area contributed by atoms with Crippen molar-refractivity contribution in [2.45, 2.75) is 32.9 Å². The highest BCUT2D eigenvalue weighted by atomic mass is 32.1. The summed E-state index contributed by atoms with van der Waals surface area (Å²) in [5.74, 6) is -0.925. The van der Waals surface area contributed by atoms with E-state index in [0.717, 1.165) is 34.4 Å². The maximum Gasteiger partial charge on any atom is 0.335 e. The van der Waals surface area contributed by atoms with Gasteiger partial charge < -0.3 is 19.9 Å². The Morgan fingerprint density at radius 3 is 2.53 bits per heavy atom. The Balaban J connectivity index is 1.80. The number of thiocarbonyl (C=S) groups is 1. The predicted octanol–water partition coefficient (Wildman–Crippen LogP) is 4.18. The standard InChI is InChI=1S/C23H24N4O2S/c1-4-26-21(20(25-23(26)30)19-7-5-6-12-24-19)18-13-14(2)27(15(18)3)17-10-8-16(9-11-17)22(28)29/h5-13,20-21H,4H2,1-3H3,(H,25,30)(H,28,29)/t20-,21+/m0/s1. The van der Waals surface area contributed by atoms with E-state index in [1.807, 2.05) is 30.3 Å². The second-order valence-corrected chi connectivity index (χ2v) is 7.81. The van der Waals surface area contributed by atoms with Gasteiger partial charge in [-0.25, -0.2) is 4.79 Å². The molecule has 0 amide bonds. The Labute approximate surface area is 181 Å². The van der Waals surface area contributed by atoms with Crippen LogP contribution >= 0.6 is 12.2 Å². The molecule has 4 rings (SSSR count). The van der Waals surface area contributed by atoms with E-state index in [4.69, 9.17) is 12.2 Å². The first-order valence-corrected chi connectivity index (χ1v) is 10.3. The number of hydrogen-bond donors (Lipinski definition) is 2. The van der Waals surface area contributed by atoms with Gasteiger partial charge in [0.1, 0.15) is 0 Å². The summed E-state index contributed by atoms with van der Waals surface area (Å²) in [5, 5.41) is 13.4. The number of carbonyl (C=O) groups is 1. The van der Waals surface area contributed by atoms with Crippen molar-refractivity contribution in [3.63, 3.8) is 0 Å². The maximum absolute atomic E-state index is 11.2. The number of pyridine rings is 1. The number of carboxylic acids is 1. The van der Waals surface area contributed by atoms with E-state index in [0.29, 0.717) is 0 Å². The molecule has 0 unspecified atom stereocenters. The first kappa shape index (κ1) is 20.1. The van der Waals surface area contributed by atoms with E-state index in [1.165, 1.54) is 5.56 Å². The van der Waals surface area contributed by atoms with Crippen molar-refractivity contribution in [3.8, 4) is 5.69 Å². The molecule has 3 heterocycles. The van der Waals surface area contributed by atoms with Gasteiger partial charge in [0, 0.05) is 29.8 Å². The topological polar surface area (TPSA) is 70.4 Å². The highest BCUT2D eigenvalue weighted by molar-refractivity contribution is 7.80. The molecule has 7 heteroatoms. The summed E-state index contributed by atoms with van der Waals surface area (Å²) in [5.41, 5.74) is 5.54. The number of aromatic carboxylic acids is 1. The largest absolute Gasteiger partial charge is 0.478 e.